The minimum Gasteiger partial charge on any atom is -0.324 e. The zero-order valence-corrected chi connectivity index (χ0v) is 28.0. The van der Waals surface area contributed by atoms with E-state index in [1.54, 1.807) is 66.7 Å². The molecule has 0 aromatic heterocycles. The van der Waals surface area contributed by atoms with Gasteiger partial charge in [-0.25, -0.2) is 0 Å². The first-order valence-electron chi connectivity index (χ1n) is 14.2. The standard InChI is InChI=1S/C34H29Cl3N6O4/c1-18-9-12-27(19(2)15-18)38-33(46)31(20(3)44)42-40-29-13-10-22(16-25(29)36)23-11-14-30(26(37)17-23)41-43-32(21(4)45)34(47)39-28-8-6-5-7-24(28)35/h5-17,31-32H,1-4H3,(H,38,46)(H,39,47). The van der Waals surface area contributed by atoms with Crippen molar-refractivity contribution in [2.75, 3.05) is 10.6 Å². The average Bonchev–Trinajstić information content (AvgIpc) is 3.01. The lowest BCUT2D eigenvalue weighted by atomic mass is 10.0. The first-order chi connectivity index (χ1) is 22.3. The first kappa shape index (κ1) is 35.1. The molecule has 0 radical (unpaired) electrons. The molecule has 4 aromatic carbocycles. The molecule has 4 aromatic rings. The number of nitrogens with zero attached hydrogens (tertiary/aromatic N) is 4. The Labute approximate surface area is 286 Å². The average molecular weight is 692 g/mol. The van der Waals surface area contributed by atoms with E-state index in [2.05, 4.69) is 31.1 Å². The van der Waals surface area contributed by atoms with Crippen LogP contribution in [0.3, 0.4) is 0 Å². The van der Waals surface area contributed by atoms with Crippen LogP contribution in [0.15, 0.2) is 99.3 Å². The number of nitrogens with one attached hydrogen (secondary N) is 2. The zero-order chi connectivity index (χ0) is 34.2. The number of hydrogen-bond donors (Lipinski definition) is 2. The van der Waals surface area contributed by atoms with Gasteiger partial charge in [0.25, 0.3) is 11.8 Å². The number of hydrogen-bond acceptors (Lipinski definition) is 8. The highest BCUT2D eigenvalue weighted by atomic mass is 35.5. The monoisotopic (exact) mass is 690 g/mol. The summed E-state index contributed by atoms with van der Waals surface area (Å²) in [5.74, 6) is -2.30. The van der Waals surface area contributed by atoms with Crippen LogP contribution in [0.5, 0.6) is 0 Å². The Balaban J connectivity index is 1.47. The maximum Gasteiger partial charge on any atom is 0.258 e. The molecule has 0 heterocycles. The van der Waals surface area contributed by atoms with Crippen molar-refractivity contribution in [3.8, 4) is 11.1 Å². The van der Waals surface area contributed by atoms with Gasteiger partial charge >= 0.3 is 0 Å². The Kier molecular flexibility index (Phi) is 11.7. The quantitative estimate of drug-likeness (QED) is 0.119. The van der Waals surface area contributed by atoms with E-state index in [9.17, 15) is 19.2 Å². The Bertz CT molecular complexity index is 1930. The molecule has 2 amide bonds. The number of rotatable bonds is 11. The van der Waals surface area contributed by atoms with Crippen LogP contribution in [0.25, 0.3) is 11.1 Å². The summed E-state index contributed by atoms with van der Waals surface area (Å²) in [6.45, 7) is 6.29. The summed E-state index contributed by atoms with van der Waals surface area (Å²) in [5, 5.41) is 22.1. The van der Waals surface area contributed by atoms with Crippen LogP contribution in [0, 0.1) is 13.8 Å². The van der Waals surface area contributed by atoms with E-state index in [1.807, 2.05) is 26.0 Å². The van der Waals surface area contributed by atoms with Gasteiger partial charge in [-0.15, -0.1) is 0 Å². The third-order valence-corrected chi connectivity index (χ3v) is 7.76. The molecular formula is C34H29Cl3N6O4. The van der Waals surface area contributed by atoms with Crippen molar-refractivity contribution in [2.24, 2.45) is 20.5 Å². The number of para-hydroxylation sites is 1. The Morgan fingerprint density at radius 1 is 0.596 bits per heavy atom. The van der Waals surface area contributed by atoms with Crippen LogP contribution >= 0.6 is 34.8 Å². The van der Waals surface area contributed by atoms with Crippen molar-refractivity contribution in [2.45, 2.75) is 39.8 Å². The second-order valence-electron chi connectivity index (χ2n) is 10.6. The molecule has 0 aliphatic carbocycles. The van der Waals surface area contributed by atoms with Crippen molar-refractivity contribution >= 4 is 80.9 Å². The first-order valence-corrected chi connectivity index (χ1v) is 15.3. The van der Waals surface area contributed by atoms with Gasteiger partial charge in [-0.1, -0.05) is 76.8 Å². The van der Waals surface area contributed by atoms with Crippen molar-refractivity contribution in [3.63, 3.8) is 0 Å². The second kappa shape index (κ2) is 15.7. The van der Waals surface area contributed by atoms with Gasteiger partial charge in [0.2, 0.25) is 12.1 Å². The topological polar surface area (TPSA) is 142 Å². The van der Waals surface area contributed by atoms with Crippen molar-refractivity contribution in [3.05, 3.63) is 105 Å². The van der Waals surface area contributed by atoms with E-state index < -0.39 is 35.5 Å². The lowest BCUT2D eigenvalue weighted by Gasteiger charge is -2.12. The number of halogens is 3. The normalized spacial score (nSPS) is 12.6. The van der Waals surface area contributed by atoms with E-state index in [4.69, 9.17) is 34.8 Å². The van der Waals surface area contributed by atoms with E-state index in [0.717, 1.165) is 11.1 Å². The summed E-state index contributed by atoms with van der Waals surface area (Å²) < 4.78 is 0. The molecule has 0 spiro atoms. The van der Waals surface area contributed by atoms with Gasteiger partial charge in [0.1, 0.15) is 11.4 Å². The molecule has 10 nitrogen and oxygen atoms in total. The molecule has 0 aliphatic heterocycles. The van der Waals surface area contributed by atoms with Crippen LogP contribution in [0.2, 0.25) is 15.1 Å². The number of aryl methyl sites for hydroxylation is 2. The highest BCUT2D eigenvalue weighted by Gasteiger charge is 2.25. The van der Waals surface area contributed by atoms with Crippen LogP contribution in [-0.4, -0.2) is 35.5 Å². The van der Waals surface area contributed by atoms with Gasteiger partial charge in [-0.05, 0) is 86.8 Å². The highest BCUT2D eigenvalue weighted by Crippen LogP contribution is 2.35. The van der Waals surface area contributed by atoms with Crippen molar-refractivity contribution < 1.29 is 19.2 Å². The molecule has 13 heteroatoms. The molecule has 0 fully saturated rings. The highest BCUT2D eigenvalue weighted by molar-refractivity contribution is 6.34. The third kappa shape index (κ3) is 9.16. The van der Waals surface area contributed by atoms with Gasteiger partial charge < -0.3 is 10.6 Å². The molecule has 240 valence electrons. The van der Waals surface area contributed by atoms with E-state index in [1.165, 1.54) is 13.8 Å². The molecule has 0 saturated heterocycles. The molecule has 2 N–H and O–H groups in total. The Morgan fingerprint density at radius 2 is 1.09 bits per heavy atom. The van der Waals surface area contributed by atoms with Crippen LogP contribution < -0.4 is 10.6 Å². The number of amides is 2. The summed E-state index contributed by atoms with van der Waals surface area (Å²) >= 11 is 19.1. The van der Waals surface area contributed by atoms with Crippen LogP contribution in [0.1, 0.15) is 25.0 Å². The predicted octanol–water partition coefficient (Wildman–Crippen LogP) is 9.29. The molecule has 2 atom stereocenters. The number of Topliss-reactive ketones (excluding diaryl/α,β-unsaturated/α-hetero) is 2. The summed E-state index contributed by atoms with van der Waals surface area (Å²) in [6.07, 6.45) is 0. The van der Waals surface area contributed by atoms with Gasteiger partial charge in [0.15, 0.2) is 11.6 Å². The lowest BCUT2D eigenvalue weighted by molar-refractivity contribution is -0.127. The van der Waals surface area contributed by atoms with Gasteiger partial charge in [-0.2, -0.15) is 20.5 Å². The number of anilines is 2. The van der Waals surface area contributed by atoms with Gasteiger partial charge in [0, 0.05) is 5.69 Å². The largest absolute Gasteiger partial charge is 0.324 e. The second-order valence-corrected chi connectivity index (χ2v) is 11.8. The van der Waals surface area contributed by atoms with Crippen molar-refractivity contribution in [1.29, 1.82) is 0 Å². The fourth-order valence-electron chi connectivity index (χ4n) is 4.33. The molecular weight excluding hydrogens is 663 g/mol. The number of carbonyl (C=O) groups excluding carboxylic acids is 4. The van der Waals surface area contributed by atoms with Gasteiger partial charge in [-0.3, -0.25) is 19.2 Å². The minimum atomic E-state index is -1.41. The molecule has 4 rings (SSSR count). The fraction of sp³-hybridized carbons (Fsp3) is 0.176. The maximum atomic E-state index is 12.8. The summed E-state index contributed by atoms with van der Waals surface area (Å²) in [4.78, 5) is 50.0. The number of azo groups is 2. The fourth-order valence-corrected chi connectivity index (χ4v) is 4.95. The Hall–Kier alpha value is -4.77. The summed E-state index contributed by atoms with van der Waals surface area (Å²) in [6, 6.07) is 19.2. The lowest BCUT2D eigenvalue weighted by Crippen LogP contribution is -2.32. The third-order valence-electron chi connectivity index (χ3n) is 6.83. The number of ketones is 2. The van der Waals surface area contributed by atoms with Gasteiger partial charge in [0.05, 0.1) is 20.8 Å². The Morgan fingerprint density at radius 3 is 1.53 bits per heavy atom. The predicted molar refractivity (Wildman–Crippen MR) is 184 cm³/mol. The molecule has 2 unspecified atom stereocenters. The molecule has 0 saturated carbocycles. The molecule has 47 heavy (non-hydrogen) atoms. The number of benzene rings is 4. The zero-order valence-electron chi connectivity index (χ0n) is 25.7. The van der Waals surface area contributed by atoms with E-state index in [0.29, 0.717) is 27.5 Å². The number of carbonyl (C=O) groups is 4. The van der Waals surface area contributed by atoms with E-state index >= 15 is 0 Å². The van der Waals surface area contributed by atoms with Crippen LogP contribution in [0.4, 0.5) is 22.7 Å². The van der Waals surface area contributed by atoms with Crippen molar-refractivity contribution in [1.82, 2.24) is 0 Å². The summed E-state index contributed by atoms with van der Waals surface area (Å²) in [7, 11) is 0. The molecule has 0 bridgehead atoms. The minimum absolute atomic E-state index is 0.207. The maximum absolute atomic E-state index is 12.8. The SMILES string of the molecule is CC(=O)C(N=Nc1ccc(-c2ccc(N=NC(C(C)=O)C(=O)Nc3ccccc3Cl)c(Cl)c2)cc1Cl)C(=O)Nc1ccc(C)cc1C. The molecule has 0 aliphatic rings. The van der Waals surface area contributed by atoms with E-state index in [-0.39, 0.29) is 21.4 Å². The van der Waals surface area contributed by atoms with Crippen LogP contribution in [-0.2, 0) is 19.2 Å². The smallest absolute Gasteiger partial charge is 0.258 e. The summed E-state index contributed by atoms with van der Waals surface area (Å²) in [5.41, 5.74) is 4.65.